The smallest absolute Gasteiger partial charge is 0.416 e. The fourth-order valence-electron chi connectivity index (χ4n) is 4.96. The molecule has 0 aliphatic carbocycles. The molecule has 9 nitrogen and oxygen atoms in total. The second kappa shape index (κ2) is 10.4. The Kier molecular flexibility index (Phi) is 7.10. The maximum absolute atomic E-state index is 13.2. The van der Waals surface area contributed by atoms with Crippen molar-refractivity contribution in [3.05, 3.63) is 46.7 Å². The van der Waals surface area contributed by atoms with Crippen LogP contribution in [-0.4, -0.2) is 72.7 Å². The third-order valence-electron chi connectivity index (χ3n) is 7.04. The summed E-state index contributed by atoms with van der Waals surface area (Å²) in [6, 6.07) is 7.93. The molecule has 1 amide bonds. The minimum Gasteiger partial charge on any atom is -0.493 e. The van der Waals surface area contributed by atoms with Gasteiger partial charge in [0.15, 0.2) is 11.5 Å². The van der Waals surface area contributed by atoms with Crippen LogP contribution in [0.15, 0.2) is 36.4 Å². The number of alkyl halides is 3. The Balaban J connectivity index is 1.23. The van der Waals surface area contributed by atoms with E-state index in [2.05, 4.69) is 10.3 Å². The number of aromatic nitrogens is 2. The van der Waals surface area contributed by atoms with Gasteiger partial charge in [-0.05, 0) is 42.9 Å². The van der Waals surface area contributed by atoms with Gasteiger partial charge in [-0.2, -0.15) is 13.2 Å². The number of nitrogens with one attached hydrogen (secondary N) is 1. The normalized spacial score (nSPS) is 17.3. The molecule has 0 radical (unpaired) electrons. The lowest BCUT2D eigenvalue weighted by molar-refractivity contribution is -0.137. The predicted molar refractivity (Wildman–Crippen MR) is 141 cm³/mol. The number of benzene rings is 2. The highest BCUT2D eigenvalue weighted by molar-refractivity contribution is 7.71. The Morgan fingerprint density at radius 3 is 2.46 bits per heavy atom. The highest BCUT2D eigenvalue weighted by atomic mass is 32.1. The molecule has 2 aliphatic rings. The molecule has 0 spiro atoms. The minimum absolute atomic E-state index is 0.0989. The first-order valence-corrected chi connectivity index (χ1v) is 12.7. The zero-order chi connectivity index (χ0) is 27.9. The maximum Gasteiger partial charge on any atom is 0.416 e. The minimum atomic E-state index is -4.41. The summed E-state index contributed by atoms with van der Waals surface area (Å²) in [6.07, 6.45) is -4.04. The van der Waals surface area contributed by atoms with Crippen LogP contribution in [0.25, 0.3) is 10.9 Å². The molecular formula is C26H26F3N5O4S. The number of fused-ring (bicyclic) bond motifs is 3. The van der Waals surface area contributed by atoms with Gasteiger partial charge < -0.3 is 24.6 Å². The number of carbonyl (C=O) groups is 2. The van der Waals surface area contributed by atoms with E-state index < -0.39 is 17.8 Å². The summed E-state index contributed by atoms with van der Waals surface area (Å²) in [5, 5.41) is 3.83. The molecule has 1 fully saturated rings. The van der Waals surface area contributed by atoms with Crippen LogP contribution < -0.4 is 19.7 Å². The second-order valence-electron chi connectivity index (χ2n) is 9.29. The van der Waals surface area contributed by atoms with Gasteiger partial charge >= 0.3 is 6.18 Å². The van der Waals surface area contributed by atoms with Gasteiger partial charge in [0.05, 0.1) is 25.3 Å². The van der Waals surface area contributed by atoms with Gasteiger partial charge in [-0.15, -0.1) is 0 Å². The van der Waals surface area contributed by atoms with Crippen LogP contribution in [-0.2, 0) is 11.0 Å². The average Bonchev–Trinajstić information content (AvgIpc) is 3.27. The molecule has 39 heavy (non-hydrogen) atoms. The van der Waals surface area contributed by atoms with Crippen molar-refractivity contribution in [2.45, 2.75) is 25.1 Å². The highest BCUT2D eigenvalue weighted by Gasteiger charge is 2.34. The molecule has 206 valence electrons. The molecule has 1 N–H and O–H groups in total. The summed E-state index contributed by atoms with van der Waals surface area (Å²) in [6.45, 7) is 1.58. The van der Waals surface area contributed by atoms with Crippen molar-refractivity contribution in [1.82, 2.24) is 14.5 Å². The van der Waals surface area contributed by atoms with E-state index in [0.717, 1.165) is 12.1 Å². The number of piperazine rings is 1. The molecule has 5 rings (SSSR count). The molecule has 0 saturated carbocycles. The van der Waals surface area contributed by atoms with Gasteiger partial charge in [-0.1, -0.05) is 6.07 Å². The largest absolute Gasteiger partial charge is 0.493 e. The molecule has 1 saturated heterocycles. The molecular weight excluding hydrogens is 535 g/mol. The van der Waals surface area contributed by atoms with Gasteiger partial charge in [-0.25, -0.2) is 9.55 Å². The van der Waals surface area contributed by atoms with E-state index in [-0.39, 0.29) is 29.4 Å². The van der Waals surface area contributed by atoms with Crippen molar-refractivity contribution < 1.29 is 32.2 Å². The summed E-state index contributed by atoms with van der Waals surface area (Å²) >= 11 is 5.37. The van der Waals surface area contributed by atoms with E-state index in [1.165, 1.54) is 24.9 Å². The Labute approximate surface area is 227 Å². The first kappa shape index (κ1) is 26.7. The molecule has 0 bridgehead atoms. The van der Waals surface area contributed by atoms with Gasteiger partial charge in [0.2, 0.25) is 10.7 Å². The Morgan fingerprint density at radius 2 is 1.79 bits per heavy atom. The predicted octanol–water partition coefficient (Wildman–Crippen LogP) is 4.37. The lowest BCUT2D eigenvalue weighted by atomic mass is 10.1. The summed E-state index contributed by atoms with van der Waals surface area (Å²) < 4.78 is 51.4. The van der Waals surface area contributed by atoms with Crippen molar-refractivity contribution >= 4 is 46.4 Å². The number of rotatable bonds is 6. The number of halogens is 3. The number of ether oxygens (including phenoxy) is 2. The van der Waals surface area contributed by atoms with Crippen molar-refractivity contribution in [3.8, 4) is 11.5 Å². The van der Waals surface area contributed by atoms with Crippen LogP contribution in [0, 0.1) is 4.77 Å². The van der Waals surface area contributed by atoms with Gasteiger partial charge in [-0.3, -0.25) is 9.59 Å². The van der Waals surface area contributed by atoms with Crippen LogP contribution in [0.2, 0.25) is 0 Å². The Hall–Kier alpha value is -3.87. The van der Waals surface area contributed by atoms with Crippen molar-refractivity contribution in [1.29, 1.82) is 0 Å². The molecule has 1 unspecified atom stereocenters. The van der Waals surface area contributed by atoms with Gasteiger partial charge in [0.25, 0.3) is 5.91 Å². The van der Waals surface area contributed by atoms with E-state index in [4.69, 9.17) is 21.7 Å². The third-order valence-corrected chi connectivity index (χ3v) is 7.31. The highest BCUT2D eigenvalue weighted by Crippen LogP contribution is 2.37. The molecule has 1 atom stereocenters. The summed E-state index contributed by atoms with van der Waals surface area (Å²) in [5.41, 5.74) is 0.315. The van der Waals surface area contributed by atoms with E-state index in [1.54, 1.807) is 23.1 Å². The first-order valence-electron chi connectivity index (χ1n) is 12.3. The van der Waals surface area contributed by atoms with Crippen LogP contribution in [0.4, 0.5) is 24.7 Å². The monoisotopic (exact) mass is 561 g/mol. The summed E-state index contributed by atoms with van der Waals surface area (Å²) in [5.74, 6) is 1.03. The van der Waals surface area contributed by atoms with Crippen molar-refractivity contribution in [2.75, 3.05) is 50.6 Å². The number of methoxy groups -OCH3 is 2. The number of anilines is 2. The van der Waals surface area contributed by atoms with E-state index in [9.17, 15) is 22.8 Å². The SMILES string of the molecule is COc1cc2nc(=S)n3c(c2cc1OC)NC(CCC(=O)N1CCN(c2cccc(C(F)(F)F)c2)CC1)C3=O. The lowest BCUT2D eigenvalue weighted by Gasteiger charge is -2.36. The van der Waals surface area contributed by atoms with Crippen molar-refractivity contribution in [2.24, 2.45) is 0 Å². The quantitative estimate of drug-likeness (QED) is 0.444. The van der Waals surface area contributed by atoms with Crippen molar-refractivity contribution in [3.63, 3.8) is 0 Å². The van der Waals surface area contributed by atoms with Crippen LogP contribution in [0.1, 0.15) is 23.2 Å². The maximum atomic E-state index is 13.2. The van der Waals surface area contributed by atoms with E-state index in [1.807, 2.05) is 4.90 Å². The zero-order valence-corrected chi connectivity index (χ0v) is 22.1. The van der Waals surface area contributed by atoms with E-state index >= 15 is 0 Å². The zero-order valence-electron chi connectivity index (χ0n) is 21.2. The fraction of sp³-hybridized carbons (Fsp3) is 0.385. The third kappa shape index (κ3) is 5.10. The van der Waals surface area contributed by atoms with Crippen LogP contribution >= 0.6 is 12.2 Å². The number of nitrogens with zero attached hydrogens (tertiary/aromatic N) is 4. The average molecular weight is 562 g/mol. The molecule has 2 aromatic carbocycles. The topological polar surface area (TPSA) is 88.9 Å². The van der Waals surface area contributed by atoms with Crippen LogP contribution in [0.3, 0.4) is 0 Å². The molecule has 3 heterocycles. The standard InChI is InChI=1S/C26H26F3N5O4S/c1-37-20-13-17-19(14-21(20)38-2)31-25(39)34-23(17)30-18(24(34)36)6-7-22(35)33-10-8-32(9-11-33)16-5-3-4-15(12-16)26(27,28)29/h3-5,12-14,18,30H,6-11H2,1-2H3. The Morgan fingerprint density at radius 1 is 1.10 bits per heavy atom. The number of hydrogen-bond acceptors (Lipinski definition) is 8. The molecule has 3 aromatic rings. The number of hydrogen-bond donors (Lipinski definition) is 1. The first-order chi connectivity index (χ1) is 18.6. The fourth-order valence-corrected chi connectivity index (χ4v) is 5.24. The lowest BCUT2D eigenvalue weighted by Crippen LogP contribution is -2.49. The van der Waals surface area contributed by atoms with E-state index in [0.29, 0.717) is 60.1 Å². The van der Waals surface area contributed by atoms with Crippen LogP contribution in [0.5, 0.6) is 11.5 Å². The van der Waals surface area contributed by atoms with Gasteiger partial charge in [0, 0.05) is 49.7 Å². The summed E-state index contributed by atoms with van der Waals surface area (Å²) in [7, 11) is 3.03. The Bertz CT molecular complexity index is 1500. The molecule has 2 aliphatic heterocycles. The second-order valence-corrected chi connectivity index (χ2v) is 9.66. The molecule has 13 heteroatoms. The summed E-state index contributed by atoms with van der Waals surface area (Å²) in [4.78, 5) is 34.0. The molecule has 1 aromatic heterocycles. The van der Waals surface area contributed by atoms with Gasteiger partial charge in [0.1, 0.15) is 11.9 Å². The number of carbonyl (C=O) groups excluding carboxylic acids is 2. The number of amides is 1.